The number of nitrogens with one attached hydrogen (secondary N) is 2. The Kier molecular flexibility index (Phi) is 8.91. The van der Waals surface area contributed by atoms with Crippen LogP contribution >= 0.6 is 12.4 Å². The van der Waals surface area contributed by atoms with E-state index < -0.39 is 0 Å². The summed E-state index contributed by atoms with van der Waals surface area (Å²) in [7, 11) is 3.10. The lowest BCUT2D eigenvalue weighted by atomic mass is 10.2. The number of amides is 2. The standard InChI is InChI=1S/C13H19N3O4.ClH/c1-19-10-4-3-9(5-11(10)20-2)7-15-13(18)8-16-12(17)6-14;/h3-5H,6-8,14H2,1-2H3,(H,15,18)(H,16,17);1H. The Morgan fingerprint density at radius 3 is 2.33 bits per heavy atom. The fourth-order valence-corrected chi connectivity index (χ4v) is 1.50. The number of carbonyl (C=O) groups excluding carboxylic acids is 2. The predicted octanol–water partition coefficient (Wildman–Crippen LogP) is -0.183. The lowest BCUT2D eigenvalue weighted by Crippen LogP contribution is -2.39. The second-order valence-corrected chi connectivity index (χ2v) is 3.95. The Labute approximate surface area is 129 Å². The van der Waals surface area contributed by atoms with Crippen LogP contribution in [-0.4, -0.2) is 39.1 Å². The quantitative estimate of drug-likeness (QED) is 0.647. The number of halogens is 1. The third-order valence-corrected chi connectivity index (χ3v) is 2.57. The molecule has 0 atom stereocenters. The van der Waals surface area contributed by atoms with Gasteiger partial charge in [-0.15, -0.1) is 12.4 Å². The van der Waals surface area contributed by atoms with E-state index in [0.29, 0.717) is 18.0 Å². The zero-order valence-corrected chi connectivity index (χ0v) is 12.8. The van der Waals surface area contributed by atoms with Crippen molar-refractivity contribution in [2.24, 2.45) is 5.73 Å². The van der Waals surface area contributed by atoms with E-state index in [-0.39, 0.29) is 37.3 Å². The lowest BCUT2D eigenvalue weighted by molar-refractivity contribution is -0.125. The minimum Gasteiger partial charge on any atom is -0.493 e. The molecule has 0 bridgehead atoms. The van der Waals surface area contributed by atoms with Crippen molar-refractivity contribution >= 4 is 24.2 Å². The van der Waals surface area contributed by atoms with E-state index in [0.717, 1.165) is 5.56 Å². The maximum absolute atomic E-state index is 11.5. The number of rotatable bonds is 7. The Hall–Kier alpha value is -1.99. The van der Waals surface area contributed by atoms with Crippen molar-refractivity contribution in [1.29, 1.82) is 0 Å². The Balaban J connectivity index is 0.00000400. The van der Waals surface area contributed by atoms with Crippen molar-refractivity contribution < 1.29 is 19.1 Å². The van der Waals surface area contributed by atoms with Crippen molar-refractivity contribution in [3.8, 4) is 11.5 Å². The van der Waals surface area contributed by atoms with Crippen LogP contribution in [0.5, 0.6) is 11.5 Å². The summed E-state index contributed by atoms with van der Waals surface area (Å²) in [5.41, 5.74) is 5.98. The van der Waals surface area contributed by atoms with Gasteiger partial charge in [0.05, 0.1) is 27.3 Å². The molecular formula is C13H20ClN3O4. The van der Waals surface area contributed by atoms with Crippen molar-refractivity contribution in [1.82, 2.24) is 10.6 Å². The van der Waals surface area contributed by atoms with Crippen molar-refractivity contribution in [2.75, 3.05) is 27.3 Å². The van der Waals surface area contributed by atoms with Gasteiger partial charge >= 0.3 is 0 Å². The summed E-state index contributed by atoms with van der Waals surface area (Å²) < 4.78 is 10.3. The summed E-state index contributed by atoms with van der Waals surface area (Å²) in [4.78, 5) is 22.4. The van der Waals surface area contributed by atoms with Gasteiger partial charge in [-0.2, -0.15) is 0 Å². The van der Waals surface area contributed by atoms with Crippen LogP contribution in [0, 0.1) is 0 Å². The predicted molar refractivity (Wildman–Crippen MR) is 80.7 cm³/mol. The number of nitrogens with two attached hydrogens (primary N) is 1. The maximum atomic E-state index is 11.5. The van der Waals surface area contributed by atoms with Crippen LogP contribution in [0.3, 0.4) is 0 Å². The fraction of sp³-hybridized carbons (Fsp3) is 0.385. The summed E-state index contributed by atoms with van der Waals surface area (Å²) in [6.07, 6.45) is 0. The second kappa shape index (κ2) is 9.84. The van der Waals surface area contributed by atoms with Crippen LogP contribution in [0.1, 0.15) is 5.56 Å². The molecule has 0 saturated carbocycles. The normalized spacial score (nSPS) is 9.29. The van der Waals surface area contributed by atoms with Crippen LogP contribution in [0.25, 0.3) is 0 Å². The van der Waals surface area contributed by atoms with Gasteiger partial charge in [0.1, 0.15) is 0 Å². The van der Waals surface area contributed by atoms with Crippen molar-refractivity contribution in [2.45, 2.75) is 6.54 Å². The molecule has 8 heteroatoms. The molecule has 0 aliphatic carbocycles. The topological polar surface area (TPSA) is 103 Å². The molecule has 0 aliphatic rings. The molecule has 7 nitrogen and oxygen atoms in total. The van der Waals surface area contributed by atoms with Crippen molar-refractivity contribution in [3.05, 3.63) is 23.8 Å². The Morgan fingerprint density at radius 2 is 1.76 bits per heavy atom. The van der Waals surface area contributed by atoms with Gasteiger partial charge in [0.25, 0.3) is 0 Å². The molecule has 0 fully saturated rings. The van der Waals surface area contributed by atoms with Gasteiger partial charge in [0.15, 0.2) is 11.5 Å². The highest BCUT2D eigenvalue weighted by atomic mass is 35.5. The SMILES string of the molecule is COc1ccc(CNC(=O)CNC(=O)CN)cc1OC.Cl. The molecule has 0 aliphatic heterocycles. The van der Waals surface area contributed by atoms with Gasteiger partial charge in [0.2, 0.25) is 11.8 Å². The van der Waals surface area contributed by atoms with Gasteiger partial charge in [-0.3, -0.25) is 9.59 Å². The highest BCUT2D eigenvalue weighted by molar-refractivity contribution is 5.85. The van der Waals surface area contributed by atoms with E-state index >= 15 is 0 Å². The average Bonchev–Trinajstić information content (AvgIpc) is 2.49. The summed E-state index contributed by atoms with van der Waals surface area (Å²) in [5.74, 6) is 0.557. The van der Waals surface area contributed by atoms with Crippen molar-refractivity contribution in [3.63, 3.8) is 0 Å². The number of hydrogen-bond donors (Lipinski definition) is 3. The fourth-order valence-electron chi connectivity index (χ4n) is 1.50. The van der Waals surface area contributed by atoms with Gasteiger partial charge in [-0.1, -0.05) is 6.07 Å². The molecular weight excluding hydrogens is 298 g/mol. The average molecular weight is 318 g/mol. The number of ether oxygens (including phenoxy) is 2. The number of hydrogen-bond acceptors (Lipinski definition) is 5. The molecule has 1 aromatic rings. The smallest absolute Gasteiger partial charge is 0.239 e. The van der Waals surface area contributed by atoms with E-state index in [4.69, 9.17) is 15.2 Å². The first-order valence-corrected chi connectivity index (χ1v) is 6.05. The van der Waals surface area contributed by atoms with E-state index in [2.05, 4.69) is 10.6 Å². The molecule has 0 unspecified atom stereocenters. The molecule has 0 aromatic heterocycles. The van der Waals surface area contributed by atoms with E-state index in [9.17, 15) is 9.59 Å². The summed E-state index contributed by atoms with van der Waals surface area (Å²) in [6, 6.07) is 5.36. The zero-order chi connectivity index (χ0) is 15.0. The third kappa shape index (κ3) is 6.33. The van der Waals surface area contributed by atoms with E-state index in [1.165, 1.54) is 0 Å². The van der Waals surface area contributed by atoms with Crippen LogP contribution in [0.4, 0.5) is 0 Å². The van der Waals surface area contributed by atoms with Crippen LogP contribution in [0.2, 0.25) is 0 Å². The molecule has 0 heterocycles. The third-order valence-electron chi connectivity index (χ3n) is 2.57. The second-order valence-electron chi connectivity index (χ2n) is 3.95. The number of methoxy groups -OCH3 is 2. The summed E-state index contributed by atoms with van der Waals surface area (Å²) in [6.45, 7) is 0.101. The van der Waals surface area contributed by atoms with Gasteiger partial charge in [-0.25, -0.2) is 0 Å². The highest BCUT2D eigenvalue weighted by Crippen LogP contribution is 2.27. The van der Waals surface area contributed by atoms with Gasteiger partial charge < -0.3 is 25.8 Å². The first-order valence-electron chi connectivity index (χ1n) is 6.05. The van der Waals surface area contributed by atoms with Gasteiger partial charge in [0, 0.05) is 6.54 Å². The zero-order valence-electron chi connectivity index (χ0n) is 12.0. The van der Waals surface area contributed by atoms with Crippen LogP contribution in [0.15, 0.2) is 18.2 Å². The summed E-state index contributed by atoms with van der Waals surface area (Å²) in [5, 5.41) is 5.06. The molecule has 21 heavy (non-hydrogen) atoms. The molecule has 0 radical (unpaired) electrons. The lowest BCUT2D eigenvalue weighted by Gasteiger charge is -2.10. The van der Waals surface area contributed by atoms with Crippen LogP contribution < -0.4 is 25.8 Å². The van der Waals surface area contributed by atoms with E-state index in [1.54, 1.807) is 26.4 Å². The molecule has 2 amide bonds. The minimum absolute atomic E-state index is 0. The van der Waals surface area contributed by atoms with Crippen LogP contribution in [-0.2, 0) is 16.1 Å². The number of carbonyl (C=O) groups is 2. The first-order chi connectivity index (χ1) is 9.60. The Bertz CT molecular complexity index is 482. The maximum Gasteiger partial charge on any atom is 0.239 e. The number of benzene rings is 1. The van der Waals surface area contributed by atoms with Gasteiger partial charge in [-0.05, 0) is 17.7 Å². The molecule has 118 valence electrons. The molecule has 1 rings (SSSR count). The Morgan fingerprint density at radius 1 is 1.10 bits per heavy atom. The minimum atomic E-state index is -0.369. The molecule has 0 spiro atoms. The molecule has 4 N–H and O–H groups in total. The first kappa shape index (κ1) is 19.0. The monoisotopic (exact) mass is 317 g/mol. The molecule has 1 aromatic carbocycles. The highest BCUT2D eigenvalue weighted by Gasteiger charge is 2.07. The molecule has 0 saturated heterocycles. The largest absolute Gasteiger partial charge is 0.493 e. The van der Waals surface area contributed by atoms with E-state index in [1.807, 2.05) is 6.07 Å². The summed E-state index contributed by atoms with van der Waals surface area (Å²) >= 11 is 0.